The van der Waals surface area contributed by atoms with Crippen molar-refractivity contribution in [3.05, 3.63) is 10.6 Å². The predicted molar refractivity (Wildman–Crippen MR) is 131 cm³/mol. The second kappa shape index (κ2) is 9.84. The minimum absolute atomic E-state index is 0.00315. The van der Waals surface area contributed by atoms with Crippen molar-refractivity contribution in [3.63, 3.8) is 0 Å². The third kappa shape index (κ3) is 4.52. The minimum Gasteiger partial charge on any atom is -0.396 e. The average molecular weight is 494 g/mol. The zero-order valence-corrected chi connectivity index (χ0v) is 21.6. The molecule has 3 aliphatic rings. The van der Waals surface area contributed by atoms with Crippen LogP contribution in [0.25, 0.3) is 0 Å². The number of ether oxygens (including phenoxy) is 1. The lowest BCUT2D eigenvalue weighted by Gasteiger charge is -2.58. The first-order valence-electron chi connectivity index (χ1n) is 12.5. The van der Waals surface area contributed by atoms with Crippen LogP contribution in [0.5, 0.6) is 0 Å². The van der Waals surface area contributed by atoms with E-state index in [9.17, 15) is 19.8 Å². The molecule has 1 aromatic rings. The summed E-state index contributed by atoms with van der Waals surface area (Å²) in [4.78, 5) is 33.5. The molecule has 0 radical (unpaired) electrons. The summed E-state index contributed by atoms with van der Waals surface area (Å²) in [5.41, 5.74) is -0.0489. The Morgan fingerprint density at radius 3 is 2.62 bits per heavy atom. The van der Waals surface area contributed by atoms with Gasteiger partial charge in [0.2, 0.25) is 5.91 Å². The van der Waals surface area contributed by atoms with E-state index in [1.54, 1.807) is 0 Å². The van der Waals surface area contributed by atoms with Crippen molar-refractivity contribution >= 4 is 28.3 Å². The zero-order chi connectivity index (χ0) is 24.7. The van der Waals surface area contributed by atoms with E-state index in [4.69, 9.17) is 9.72 Å². The molecule has 1 saturated carbocycles. The number of anilines is 1. The molecule has 3 N–H and O–H groups in total. The van der Waals surface area contributed by atoms with Gasteiger partial charge in [-0.05, 0) is 49.4 Å². The molecule has 1 saturated heterocycles. The maximum absolute atomic E-state index is 13.5. The van der Waals surface area contributed by atoms with E-state index < -0.39 is 11.5 Å². The fraction of sp³-hybridized carbons (Fsp3) is 0.800. The highest BCUT2D eigenvalue weighted by molar-refractivity contribution is 7.15. The Bertz CT molecular complexity index is 914. The van der Waals surface area contributed by atoms with Crippen LogP contribution in [0.1, 0.15) is 69.4 Å². The Morgan fingerprint density at radius 2 is 1.97 bits per heavy atom. The molecule has 0 spiro atoms. The van der Waals surface area contributed by atoms with Gasteiger partial charge in [-0.3, -0.25) is 14.9 Å². The lowest BCUT2D eigenvalue weighted by atomic mass is 9.47. The average Bonchev–Trinajstić information content (AvgIpc) is 3.20. The number of carbonyl (C=O) groups excluding carboxylic acids is 2. The Hall–Kier alpha value is -1.55. The summed E-state index contributed by atoms with van der Waals surface area (Å²) >= 11 is 1.44. The Morgan fingerprint density at radius 1 is 1.26 bits per heavy atom. The quantitative estimate of drug-likeness (QED) is 0.562. The normalized spacial score (nSPS) is 33.8. The van der Waals surface area contributed by atoms with Crippen LogP contribution in [0, 0.1) is 22.7 Å². The summed E-state index contributed by atoms with van der Waals surface area (Å²) in [6.45, 7) is 7.85. The summed E-state index contributed by atoms with van der Waals surface area (Å²) in [6.07, 6.45) is 3.86. The summed E-state index contributed by atoms with van der Waals surface area (Å²) in [6, 6.07) is 0. The third-order valence-electron chi connectivity index (χ3n) is 8.93. The molecule has 34 heavy (non-hydrogen) atoms. The number of nitrogens with one attached hydrogen (secondary N) is 1. The van der Waals surface area contributed by atoms with Crippen LogP contribution in [0.4, 0.5) is 5.13 Å². The van der Waals surface area contributed by atoms with Gasteiger partial charge in [0.1, 0.15) is 6.61 Å². The van der Waals surface area contributed by atoms with Gasteiger partial charge in [-0.15, -0.1) is 11.3 Å². The fourth-order valence-electron chi connectivity index (χ4n) is 6.55. The maximum Gasteiger partial charge on any atom is 0.252 e. The number of methoxy groups -OCH3 is 1. The maximum atomic E-state index is 13.5. The molecule has 0 unspecified atom stereocenters. The Balaban J connectivity index is 1.69. The van der Waals surface area contributed by atoms with Gasteiger partial charge >= 0.3 is 0 Å². The summed E-state index contributed by atoms with van der Waals surface area (Å²) in [7, 11) is 1.47. The first-order chi connectivity index (χ1) is 16.1. The lowest BCUT2D eigenvalue weighted by Crippen LogP contribution is -2.57. The molecule has 9 heteroatoms. The summed E-state index contributed by atoms with van der Waals surface area (Å²) in [5.74, 6) is 0.413. The van der Waals surface area contributed by atoms with E-state index in [1.165, 1.54) is 18.4 Å². The molecular formula is C25H39N3O5S. The molecule has 1 aromatic heterocycles. The SMILES string of the molecule is COCC(=O)Nc1nc2c(s1)C[C@H]1[C@](C)(CO)[C@H](O)CC[C@@]1(C)[C@H]2CC(=O)N1CCC(C)CC1. The number of amides is 2. The van der Waals surface area contributed by atoms with Gasteiger partial charge in [-0.1, -0.05) is 20.8 Å². The van der Waals surface area contributed by atoms with E-state index in [2.05, 4.69) is 19.2 Å². The van der Waals surface area contributed by atoms with E-state index in [0.717, 1.165) is 42.9 Å². The topological polar surface area (TPSA) is 112 Å². The van der Waals surface area contributed by atoms with Gasteiger partial charge in [-0.2, -0.15) is 0 Å². The van der Waals surface area contributed by atoms with Gasteiger partial charge in [0.25, 0.3) is 5.91 Å². The predicted octanol–water partition coefficient (Wildman–Crippen LogP) is 2.79. The van der Waals surface area contributed by atoms with Crippen molar-refractivity contribution in [1.82, 2.24) is 9.88 Å². The van der Waals surface area contributed by atoms with E-state index in [0.29, 0.717) is 30.3 Å². The molecule has 1 aliphatic heterocycles. The lowest BCUT2D eigenvalue weighted by molar-refractivity contribution is -0.147. The van der Waals surface area contributed by atoms with Crippen molar-refractivity contribution < 1.29 is 24.5 Å². The van der Waals surface area contributed by atoms with E-state index in [1.807, 2.05) is 11.8 Å². The number of hydrogen-bond donors (Lipinski definition) is 3. The number of aliphatic hydroxyl groups is 2. The molecule has 0 bridgehead atoms. The second-order valence-electron chi connectivity index (χ2n) is 11.1. The van der Waals surface area contributed by atoms with Gasteiger partial charge < -0.3 is 19.8 Å². The summed E-state index contributed by atoms with van der Waals surface area (Å²) in [5, 5.41) is 24.6. The monoisotopic (exact) mass is 493 g/mol. The first-order valence-corrected chi connectivity index (χ1v) is 13.3. The van der Waals surface area contributed by atoms with Gasteiger partial charge in [0.05, 0.1) is 18.4 Å². The number of aromatic nitrogens is 1. The number of piperidine rings is 1. The van der Waals surface area contributed by atoms with Crippen molar-refractivity contribution in [1.29, 1.82) is 0 Å². The highest BCUT2D eigenvalue weighted by atomic mass is 32.1. The third-order valence-corrected chi connectivity index (χ3v) is 9.94. The smallest absolute Gasteiger partial charge is 0.252 e. The van der Waals surface area contributed by atoms with Crippen LogP contribution < -0.4 is 5.32 Å². The van der Waals surface area contributed by atoms with Crippen molar-refractivity contribution in [2.75, 3.05) is 38.7 Å². The first kappa shape index (κ1) is 25.5. The van der Waals surface area contributed by atoms with Crippen LogP contribution in [-0.2, 0) is 20.7 Å². The second-order valence-corrected chi connectivity index (χ2v) is 12.2. The Labute approximate surface area is 206 Å². The van der Waals surface area contributed by atoms with Crippen molar-refractivity contribution in [2.45, 2.75) is 71.3 Å². The number of thiazole rings is 1. The van der Waals surface area contributed by atoms with Crippen molar-refractivity contribution in [3.8, 4) is 0 Å². The highest BCUT2D eigenvalue weighted by Crippen LogP contribution is 2.63. The number of fused-ring (bicyclic) bond motifs is 2. The standard InChI is InChI=1S/C25H39N3O5S/c1-15-6-9-28(10-7-15)21(32)11-16-22-17(34-23(27-22)26-20(31)13-33-4)12-18-24(16,2)8-5-19(30)25(18,3)14-29/h15-16,18-19,29-30H,5-14H2,1-4H3,(H,26,27,31)/t16-,18+,19+,24-,25-/m0/s1. The zero-order valence-electron chi connectivity index (χ0n) is 20.8. The molecule has 190 valence electrons. The molecular weight excluding hydrogens is 454 g/mol. The molecule has 2 heterocycles. The fourth-order valence-corrected chi connectivity index (χ4v) is 7.63. The number of aliphatic hydroxyl groups excluding tert-OH is 2. The van der Waals surface area contributed by atoms with Gasteiger partial charge in [0.15, 0.2) is 5.13 Å². The number of likely N-dealkylation sites (tertiary alicyclic amines) is 1. The molecule has 0 aromatic carbocycles. The van der Waals surface area contributed by atoms with Crippen LogP contribution >= 0.6 is 11.3 Å². The number of nitrogens with zero attached hydrogens (tertiary/aromatic N) is 2. The minimum atomic E-state index is -0.657. The Kier molecular flexibility index (Phi) is 7.39. The molecule has 5 atom stereocenters. The van der Waals surface area contributed by atoms with E-state index >= 15 is 0 Å². The molecule has 2 amide bonds. The molecule has 8 nitrogen and oxygen atoms in total. The highest BCUT2D eigenvalue weighted by Gasteiger charge is 2.59. The number of hydrogen-bond acceptors (Lipinski definition) is 7. The largest absolute Gasteiger partial charge is 0.396 e. The van der Waals surface area contributed by atoms with E-state index in [-0.39, 0.29) is 42.3 Å². The van der Waals surface area contributed by atoms with Gasteiger partial charge in [-0.25, -0.2) is 4.98 Å². The van der Waals surface area contributed by atoms with Crippen LogP contribution in [0.15, 0.2) is 0 Å². The van der Waals surface area contributed by atoms with Crippen LogP contribution in [-0.4, -0.2) is 71.4 Å². The number of carbonyl (C=O) groups is 2. The molecule has 2 aliphatic carbocycles. The van der Waals surface area contributed by atoms with Crippen molar-refractivity contribution in [2.24, 2.45) is 22.7 Å². The van der Waals surface area contributed by atoms with Crippen LogP contribution in [0.2, 0.25) is 0 Å². The number of rotatable bonds is 6. The van der Waals surface area contributed by atoms with Gasteiger partial charge in [0, 0.05) is 42.8 Å². The molecule has 2 fully saturated rings. The molecule has 4 rings (SSSR count). The summed E-state index contributed by atoms with van der Waals surface area (Å²) < 4.78 is 4.93. The van der Waals surface area contributed by atoms with Crippen LogP contribution in [0.3, 0.4) is 0 Å².